The first-order valence-electron chi connectivity index (χ1n) is 4.92. The van der Waals surface area contributed by atoms with Crippen LogP contribution in [0.3, 0.4) is 0 Å². The Morgan fingerprint density at radius 2 is 1.88 bits per heavy atom. The molecule has 0 amide bonds. The lowest BCUT2D eigenvalue weighted by molar-refractivity contribution is 0.0771. The highest BCUT2D eigenvalue weighted by Crippen LogP contribution is 2.42. The van der Waals surface area contributed by atoms with E-state index in [1.807, 2.05) is 0 Å². The fourth-order valence-corrected chi connectivity index (χ4v) is 1.89. The largest absolute Gasteiger partial charge is 0.497 e. The molecule has 1 aromatic carbocycles. The molecule has 0 N–H and O–H groups in total. The van der Waals surface area contributed by atoms with Crippen LogP contribution < -0.4 is 4.74 Å². The van der Waals surface area contributed by atoms with E-state index in [1.54, 1.807) is 37.5 Å². The molecule has 1 aromatic rings. The van der Waals surface area contributed by atoms with Crippen LogP contribution in [0, 0.1) is 0 Å². The molecule has 0 aromatic heterocycles. The molecule has 0 aliphatic rings. The molecule has 1 rings (SSSR count). The van der Waals surface area contributed by atoms with E-state index in [4.69, 9.17) is 44.3 Å². The fraction of sp³-hybridized carbons (Fsp3) is 0.333. The minimum absolute atomic E-state index is 0.310. The summed E-state index contributed by atoms with van der Waals surface area (Å²) < 4.78 is 8.99. The van der Waals surface area contributed by atoms with Gasteiger partial charge >= 0.3 is 0 Å². The van der Waals surface area contributed by atoms with E-state index in [2.05, 4.69) is 6.58 Å². The topological polar surface area (TPSA) is 18.5 Å². The van der Waals surface area contributed by atoms with Crippen LogP contribution in [0.4, 0.5) is 0 Å². The van der Waals surface area contributed by atoms with Crippen LogP contribution in [0.5, 0.6) is 5.75 Å². The van der Waals surface area contributed by atoms with Crippen molar-refractivity contribution in [2.45, 2.75) is 9.90 Å². The Bertz CT molecular complexity index is 357. The Kier molecular flexibility index (Phi) is 5.60. The van der Waals surface area contributed by atoms with E-state index < -0.39 is 9.90 Å². The van der Waals surface area contributed by atoms with Gasteiger partial charge in [-0.2, -0.15) is 0 Å². The van der Waals surface area contributed by atoms with Crippen molar-refractivity contribution in [2.75, 3.05) is 13.7 Å². The van der Waals surface area contributed by atoms with Gasteiger partial charge in [-0.25, -0.2) is 0 Å². The Hall–Kier alpha value is -0.410. The van der Waals surface area contributed by atoms with Crippen LogP contribution in [0.1, 0.15) is 11.7 Å². The van der Waals surface area contributed by atoms with Crippen LogP contribution >= 0.6 is 34.8 Å². The normalized spacial score (nSPS) is 13.2. The average molecular weight is 296 g/mol. The zero-order valence-corrected chi connectivity index (χ0v) is 11.6. The van der Waals surface area contributed by atoms with Crippen molar-refractivity contribution in [3.05, 3.63) is 42.5 Å². The number of alkyl halides is 3. The Labute approximate surface area is 116 Å². The quantitative estimate of drug-likeness (QED) is 0.595. The molecule has 1 unspecified atom stereocenters. The third-order valence-corrected chi connectivity index (χ3v) is 2.69. The number of benzene rings is 1. The van der Waals surface area contributed by atoms with Gasteiger partial charge in [0.05, 0.1) is 13.7 Å². The highest BCUT2D eigenvalue weighted by atomic mass is 35.6. The molecule has 5 heteroatoms. The molecule has 17 heavy (non-hydrogen) atoms. The molecule has 0 spiro atoms. The van der Waals surface area contributed by atoms with E-state index in [0.29, 0.717) is 6.61 Å². The first-order chi connectivity index (χ1) is 7.99. The van der Waals surface area contributed by atoms with Crippen molar-refractivity contribution in [3.63, 3.8) is 0 Å². The predicted octanol–water partition coefficient (Wildman–Crippen LogP) is 4.31. The van der Waals surface area contributed by atoms with Crippen molar-refractivity contribution >= 4 is 34.8 Å². The number of rotatable bonds is 5. The molecule has 0 fully saturated rings. The lowest BCUT2D eigenvalue weighted by Crippen LogP contribution is -2.20. The summed E-state index contributed by atoms with van der Waals surface area (Å²) in [4.78, 5) is 0. The summed E-state index contributed by atoms with van der Waals surface area (Å²) in [6, 6.07) is 7.18. The van der Waals surface area contributed by atoms with Crippen molar-refractivity contribution < 1.29 is 9.47 Å². The first-order valence-corrected chi connectivity index (χ1v) is 6.05. The standard InChI is InChI=1S/C12H13Cl3O2/c1-3-8-17-11(12(13,14)15)9-4-6-10(16-2)7-5-9/h3-7,11H,1,8H2,2H3. The predicted molar refractivity (Wildman–Crippen MR) is 72.2 cm³/mol. The highest BCUT2D eigenvalue weighted by Gasteiger charge is 2.34. The molecular formula is C12H13Cl3O2. The smallest absolute Gasteiger partial charge is 0.220 e. The van der Waals surface area contributed by atoms with E-state index in [9.17, 15) is 0 Å². The second kappa shape index (κ2) is 6.50. The maximum absolute atomic E-state index is 5.88. The van der Waals surface area contributed by atoms with Gasteiger partial charge < -0.3 is 9.47 Å². The Balaban J connectivity index is 2.91. The van der Waals surface area contributed by atoms with Gasteiger partial charge in [0.25, 0.3) is 0 Å². The van der Waals surface area contributed by atoms with Crippen molar-refractivity contribution in [1.29, 1.82) is 0 Å². The summed E-state index contributed by atoms with van der Waals surface area (Å²) in [6.45, 7) is 3.87. The molecule has 2 nitrogen and oxygen atoms in total. The monoisotopic (exact) mass is 294 g/mol. The van der Waals surface area contributed by atoms with E-state index in [0.717, 1.165) is 11.3 Å². The molecule has 0 saturated carbocycles. The zero-order valence-electron chi connectivity index (χ0n) is 9.33. The van der Waals surface area contributed by atoms with Crippen molar-refractivity contribution in [1.82, 2.24) is 0 Å². The van der Waals surface area contributed by atoms with Crippen LogP contribution in [-0.2, 0) is 4.74 Å². The average Bonchev–Trinajstić information content (AvgIpc) is 2.29. The number of halogens is 3. The lowest BCUT2D eigenvalue weighted by atomic mass is 10.1. The van der Waals surface area contributed by atoms with E-state index in [-0.39, 0.29) is 0 Å². The van der Waals surface area contributed by atoms with Crippen molar-refractivity contribution in [2.24, 2.45) is 0 Å². The second-order valence-electron chi connectivity index (χ2n) is 3.32. The molecule has 0 radical (unpaired) electrons. The van der Waals surface area contributed by atoms with Crippen LogP contribution in [0.2, 0.25) is 0 Å². The SMILES string of the molecule is C=CCOC(c1ccc(OC)cc1)C(Cl)(Cl)Cl. The van der Waals surface area contributed by atoms with Gasteiger partial charge in [0, 0.05) is 0 Å². The van der Waals surface area contributed by atoms with Crippen molar-refractivity contribution in [3.8, 4) is 5.75 Å². The third kappa shape index (κ3) is 4.40. The summed E-state index contributed by atoms with van der Waals surface area (Å²) in [6.07, 6.45) is 0.962. The number of methoxy groups -OCH3 is 1. The minimum Gasteiger partial charge on any atom is -0.497 e. The summed E-state index contributed by atoms with van der Waals surface area (Å²) >= 11 is 17.7. The number of ether oxygens (including phenoxy) is 2. The van der Waals surface area contributed by atoms with Gasteiger partial charge in [-0.1, -0.05) is 53.0 Å². The Morgan fingerprint density at radius 3 is 2.29 bits per heavy atom. The molecular weight excluding hydrogens is 282 g/mol. The Morgan fingerprint density at radius 1 is 1.29 bits per heavy atom. The zero-order chi connectivity index (χ0) is 12.9. The van der Waals surface area contributed by atoms with Gasteiger partial charge in [0.2, 0.25) is 3.79 Å². The van der Waals surface area contributed by atoms with Crippen LogP contribution in [-0.4, -0.2) is 17.5 Å². The summed E-state index contributed by atoms with van der Waals surface area (Å²) in [5, 5.41) is 0. The van der Waals surface area contributed by atoms with Gasteiger partial charge in [-0.05, 0) is 17.7 Å². The molecule has 0 bridgehead atoms. The maximum atomic E-state index is 5.88. The summed E-state index contributed by atoms with van der Waals surface area (Å²) in [5.74, 6) is 0.737. The third-order valence-electron chi connectivity index (χ3n) is 2.10. The molecule has 1 atom stereocenters. The fourth-order valence-electron chi connectivity index (χ4n) is 1.32. The molecule has 94 valence electrons. The van der Waals surface area contributed by atoms with Gasteiger partial charge in [0.15, 0.2) is 0 Å². The van der Waals surface area contributed by atoms with Crippen LogP contribution in [0.25, 0.3) is 0 Å². The summed E-state index contributed by atoms with van der Waals surface area (Å²) in [7, 11) is 1.59. The summed E-state index contributed by atoms with van der Waals surface area (Å²) in [5.41, 5.74) is 0.771. The van der Waals surface area contributed by atoms with E-state index in [1.165, 1.54) is 0 Å². The minimum atomic E-state index is -1.53. The maximum Gasteiger partial charge on any atom is 0.220 e. The lowest BCUT2D eigenvalue weighted by Gasteiger charge is -2.24. The molecule has 0 aliphatic carbocycles. The van der Waals surface area contributed by atoms with Gasteiger partial charge in [-0.15, -0.1) is 6.58 Å². The first kappa shape index (κ1) is 14.7. The molecule has 0 saturated heterocycles. The second-order valence-corrected chi connectivity index (χ2v) is 5.69. The number of hydrogen-bond acceptors (Lipinski definition) is 2. The molecule has 0 aliphatic heterocycles. The number of hydrogen-bond donors (Lipinski definition) is 0. The van der Waals surface area contributed by atoms with Crippen LogP contribution in [0.15, 0.2) is 36.9 Å². The van der Waals surface area contributed by atoms with E-state index >= 15 is 0 Å². The molecule has 0 heterocycles. The van der Waals surface area contributed by atoms with Gasteiger partial charge in [0.1, 0.15) is 11.9 Å². The van der Waals surface area contributed by atoms with Gasteiger partial charge in [-0.3, -0.25) is 0 Å². The highest BCUT2D eigenvalue weighted by molar-refractivity contribution is 6.68.